The molecule has 0 bridgehead atoms. The molecule has 2 aliphatic rings. The maximum atomic E-state index is 12.9. The van der Waals surface area contributed by atoms with Gasteiger partial charge in [0.15, 0.2) is 0 Å². The minimum Gasteiger partial charge on any atom is -0.435 e. The number of allylic oxidation sites excluding steroid dienone is 2. The monoisotopic (exact) mass is 441 g/mol. The lowest BCUT2D eigenvalue weighted by atomic mass is 9.80. The van der Waals surface area contributed by atoms with Crippen LogP contribution in [0.4, 0.5) is 14.5 Å². The lowest BCUT2D eigenvalue weighted by Gasteiger charge is -2.38. The Morgan fingerprint density at radius 3 is 2.53 bits per heavy atom. The van der Waals surface area contributed by atoms with Crippen molar-refractivity contribution >= 4 is 23.4 Å². The summed E-state index contributed by atoms with van der Waals surface area (Å²) < 4.78 is 28.8. The van der Waals surface area contributed by atoms with Crippen LogP contribution < -0.4 is 20.5 Å². The summed E-state index contributed by atoms with van der Waals surface area (Å²) in [5, 5.41) is 3.95. The van der Waals surface area contributed by atoms with Crippen molar-refractivity contribution in [2.24, 2.45) is 11.8 Å². The van der Waals surface area contributed by atoms with E-state index in [2.05, 4.69) is 15.5 Å². The number of amides is 3. The number of carbonyl (C=O) groups is 3. The molecule has 0 radical (unpaired) electrons. The summed E-state index contributed by atoms with van der Waals surface area (Å²) in [5.74, 6) is -1.55. The van der Waals surface area contributed by atoms with Crippen molar-refractivity contribution in [2.45, 2.75) is 26.0 Å². The molecule has 3 amide bonds. The molecule has 2 aromatic rings. The van der Waals surface area contributed by atoms with Gasteiger partial charge in [0.2, 0.25) is 11.8 Å². The van der Waals surface area contributed by atoms with Gasteiger partial charge >= 0.3 is 6.61 Å². The molecule has 9 heteroatoms. The van der Waals surface area contributed by atoms with E-state index in [9.17, 15) is 23.2 Å². The van der Waals surface area contributed by atoms with E-state index >= 15 is 0 Å². The second-order valence-corrected chi connectivity index (χ2v) is 7.56. The van der Waals surface area contributed by atoms with Crippen LogP contribution in [0.5, 0.6) is 5.75 Å². The normalized spacial score (nSPS) is 20.0. The van der Waals surface area contributed by atoms with E-state index in [1.165, 1.54) is 23.2 Å². The lowest BCUT2D eigenvalue weighted by molar-refractivity contribution is -0.139. The summed E-state index contributed by atoms with van der Waals surface area (Å²) in [7, 11) is 0. The zero-order chi connectivity index (χ0) is 22.7. The number of alkyl halides is 2. The fraction of sp³-hybridized carbons (Fsp3) is 0.261. The highest BCUT2D eigenvalue weighted by atomic mass is 19.3. The molecule has 7 nitrogen and oxygen atoms in total. The highest BCUT2D eigenvalue weighted by Gasteiger charge is 2.42. The Kier molecular flexibility index (Phi) is 6.16. The maximum Gasteiger partial charge on any atom is 0.387 e. The molecule has 1 heterocycles. The average Bonchev–Trinajstić information content (AvgIpc) is 2.80. The molecular weight excluding hydrogens is 420 g/mol. The van der Waals surface area contributed by atoms with Crippen LogP contribution >= 0.6 is 0 Å². The van der Waals surface area contributed by atoms with Gasteiger partial charge in [-0.25, -0.2) is 5.01 Å². The molecule has 2 atom stereocenters. The number of carbonyl (C=O) groups excluding carboxylic acids is 3. The van der Waals surface area contributed by atoms with Crippen molar-refractivity contribution in [3.8, 4) is 5.75 Å². The first-order valence-electron chi connectivity index (χ1n) is 10.1. The highest BCUT2D eigenvalue weighted by molar-refractivity contribution is 6.05. The van der Waals surface area contributed by atoms with Crippen LogP contribution in [0.2, 0.25) is 0 Å². The fourth-order valence-corrected chi connectivity index (χ4v) is 3.84. The minimum absolute atomic E-state index is 0.0340. The van der Waals surface area contributed by atoms with E-state index in [0.717, 1.165) is 0 Å². The van der Waals surface area contributed by atoms with Crippen LogP contribution in [0.1, 0.15) is 28.8 Å². The number of hydrazine groups is 1. The van der Waals surface area contributed by atoms with Crippen molar-refractivity contribution in [1.82, 2.24) is 10.7 Å². The Labute approximate surface area is 183 Å². The number of anilines is 1. The zero-order valence-electron chi connectivity index (χ0n) is 17.0. The van der Waals surface area contributed by atoms with Gasteiger partial charge in [0.05, 0.1) is 17.5 Å². The van der Waals surface area contributed by atoms with Gasteiger partial charge in [-0.1, -0.05) is 30.4 Å². The Bertz CT molecular complexity index is 1060. The summed E-state index contributed by atoms with van der Waals surface area (Å²) in [6, 6.07) is 12.4. The number of benzene rings is 2. The first-order valence-corrected chi connectivity index (χ1v) is 10.1. The van der Waals surface area contributed by atoms with Gasteiger partial charge in [-0.15, -0.1) is 0 Å². The maximum absolute atomic E-state index is 12.9. The molecule has 2 N–H and O–H groups in total. The van der Waals surface area contributed by atoms with Gasteiger partial charge in [-0.3, -0.25) is 19.8 Å². The van der Waals surface area contributed by atoms with Crippen molar-refractivity contribution in [3.63, 3.8) is 0 Å². The van der Waals surface area contributed by atoms with Gasteiger partial charge in [0.1, 0.15) is 5.75 Å². The fourth-order valence-electron chi connectivity index (χ4n) is 3.84. The van der Waals surface area contributed by atoms with Gasteiger partial charge < -0.3 is 10.1 Å². The van der Waals surface area contributed by atoms with E-state index in [4.69, 9.17) is 0 Å². The third-order valence-corrected chi connectivity index (χ3v) is 5.50. The molecular formula is C23H21F2N3O4. The number of rotatable bonds is 6. The lowest BCUT2D eigenvalue weighted by Crippen LogP contribution is -2.59. The van der Waals surface area contributed by atoms with Crippen LogP contribution in [0.15, 0.2) is 60.7 Å². The third-order valence-electron chi connectivity index (χ3n) is 5.50. The Morgan fingerprint density at radius 2 is 1.81 bits per heavy atom. The van der Waals surface area contributed by atoms with Crippen LogP contribution in [0.25, 0.3) is 0 Å². The molecule has 2 unspecified atom stereocenters. The molecule has 1 aliphatic carbocycles. The van der Waals surface area contributed by atoms with Crippen molar-refractivity contribution in [2.75, 3.05) is 5.01 Å². The number of nitrogens with zero attached hydrogens (tertiary/aromatic N) is 1. The summed E-state index contributed by atoms with van der Waals surface area (Å²) in [6.07, 6.45) is 4.86. The Hall–Kier alpha value is -3.75. The predicted octanol–water partition coefficient (Wildman–Crippen LogP) is 3.18. The number of fused-ring (bicyclic) bond motifs is 1. The smallest absolute Gasteiger partial charge is 0.387 e. The standard InChI is InChI=1S/C23H21F2N3O4/c24-23(25)32-17-10-8-14(9-11-17)13-26-20(29)15-4-3-5-16(12-15)28-22(31)19-7-2-1-6-18(19)21(30)27-28/h1-5,8-12,18-19,23H,6-7,13H2,(H,26,29)(H,27,30). The summed E-state index contributed by atoms with van der Waals surface area (Å²) in [5.41, 5.74) is 4.05. The van der Waals surface area contributed by atoms with E-state index < -0.39 is 12.5 Å². The molecule has 0 saturated carbocycles. The van der Waals surface area contributed by atoms with E-state index in [0.29, 0.717) is 29.7 Å². The highest BCUT2D eigenvalue weighted by Crippen LogP contribution is 2.32. The summed E-state index contributed by atoms with van der Waals surface area (Å²) in [4.78, 5) is 38.0. The molecule has 0 spiro atoms. The number of halogens is 2. The number of hydrogen-bond donors (Lipinski definition) is 2. The van der Waals surface area contributed by atoms with Gasteiger partial charge in [0.25, 0.3) is 5.91 Å². The molecule has 0 aromatic heterocycles. The average molecular weight is 441 g/mol. The number of hydrogen-bond acceptors (Lipinski definition) is 4. The Balaban J connectivity index is 1.42. The molecule has 4 rings (SSSR count). The van der Waals surface area contributed by atoms with E-state index in [1.54, 1.807) is 30.3 Å². The SMILES string of the molecule is O=C(NCc1ccc(OC(F)F)cc1)c1cccc(N2NC(=O)C3CC=CCC3C2=O)c1. The quantitative estimate of drug-likeness (QED) is 0.674. The molecule has 2 aromatic carbocycles. The van der Waals surface area contributed by atoms with E-state index in [-0.39, 0.29) is 35.9 Å². The third kappa shape index (κ3) is 4.61. The van der Waals surface area contributed by atoms with Crippen LogP contribution in [-0.2, 0) is 16.1 Å². The number of nitrogens with one attached hydrogen (secondary N) is 2. The second kappa shape index (κ2) is 9.17. The van der Waals surface area contributed by atoms with Gasteiger partial charge in [0, 0.05) is 12.1 Å². The first kappa shape index (κ1) is 21.5. The largest absolute Gasteiger partial charge is 0.435 e. The predicted molar refractivity (Wildman–Crippen MR) is 112 cm³/mol. The van der Waals surface area contributed by atoms with E-state index in [1.807, 2.05) is 12.2 Å². The minimum atomic E-state index is -2.90. The molecule has 1 fully saturated rings. The van der Waals surface area contributed by atoms with Crippen LogP contribution in [0, 0.1) is 11.8 Å². The first-order chi connectivity index (χ1) is 15.4. The summed E-state index contributed by atoms with van der Waals surface area (Å²) in [6.45, 7) is -2.72. The molecule has 1 saturated heterocycles. The van der Waals surface area contributed by atoms with Crippen LogP contribution in [-0.4, -0.2) is 24.3 Å². The molecule has 32 heavy (non-hydrogen) atoms. The Morgan fingerprint density at radius 1 is 1.09 bits per heavy atom. The molecule has 1 aliphatic heterocycles. The van der Waals surface area contributed by atoms with Crippen LogP contribution in [0.3, 0.4) is 0 Å². The molecule has 166 valence electrons. The van der Waals surface area contributed by atoms with Gasteiger partial charge in [-0.05, 0) is 48.7 Å². The van der Waals surface area contributed by atoms with Gasteiger partial charge in [-0.2, -0.15) is 8.78 Å². The van der Waals surface area contributed by atoms with Crippen molar-refractivity contribution < 1.29 is 27.9 Å². The second-order valence-electron chi connectivity index (χ2n) is 7.56. The number of ether oxygens (including phenoxy) is 1. The van der Waals surface area contributed by atoms with Crippen molar-refractivity contribution in [1.29, 1.82) is 0 Å². The zero-order valence-corrected chi connectivity index (χ0v) is 17.0. The van der Waals surface area contributed by atoms with Crippen molar-refractivity contribution in [3.05, 3.63) is 71.8 Å². The summed E-state index contributed by atoms with van der Waals surface area (Å²) >= 11 is 0. The topological polar surface area (TPSA) is 87.7 Å².